The minimum Gasteiger partial charge on any atom is -0.447 e. The van der Waals surface area contributed by atoms with Gasteiger partial charge in [-0.1, -0.05) is 54.2 Å². The van der Waals surface area contributed by atoms with Crippen LogP contribution in [-0.4, -0.2) is 37.3 Å². The quantitative estimate of drug-likeness (QED) is 0.310. The highest BCUT2D eigenvalue weighted by Gasteiger charge is 2.36. The second-order valence-corrected chi connectivity index (χ2v) is 8.70. The van der Waals surface area contributed by atoms with E-state index in [2.05, 4.69) is 21.8 Å². The van der Waals surface area contributed by atoms with Crippen LogP contribution >= 0.6 is 11.8 Å². The fourth-order valence-electron chi connectivity index (χ4n) is 4.11. The van der Waals surface area contributed by atoms with Crippen molar-refractivity contribution in [1.82, 2.24) is 19.7 Å². The van der Waals surface area contributed by atoms with Crippen LogP contribution in [-0.2, 0) is 4.79 Å². The number of carbonyl (C=O) groups is 2. The number of amides is 1. The van der Waals surface area contributed by atoms with Gasteiger partial charge in [0.25, 0.3) is 0 Å². The van der Waals surface area contributed by atoms with E-state index in [9.17, 15) is 9.59 Å². The summed E-state index contributed by atoms with van der Waals surface area (Å²) in [5, 5.41) is 9.88. The summed E-state index contributed by atoms with van der Waals surface area (Å²) in [7, 11) is 0. The third-order valence-corrected chi connectivity index (χ3v) is 6.36. The van der Waals surface area contributed by atoms with Gasteiger partial charge in [0.05, 0.1) is 11.2 Å². The van der Waals surface area contributed by atoms with E-state index < -0.39 is 6.23 Å². The summed E-state index contributed by atoms with van der Waals surface area (Å²) >= 11 is 1.38. The molecular formula is C25H21N5O3S. The van der Waals surface area contributed by atoms with Crippen molar-refractivity contribution in [2.24, 2.45) is 0 Å². The lowest BCUT2D eigenvalue weighted by atomic mass is 10.1. The molecule has 1 aliphatic heterocycles. The van der Waals surface area contributed by atoms with E-state index in [1.807, 2.05) is 48.5 Å². The van der Waals surface area contributed by atoms with E-state index in [-0.39, 0.29) is 17.7 Å². The Morgan fingerprint density at radius 1 is 1.09 bits per heavy atom. The SMILES string of the molecule is C=CCSc1nnc2c(n1)O[C@@H](c1cn(C(C)=O)c3ccccc13)N(C(C)=O)c1ccccc1-2. The van der Waals surface area contributed by atoms with Gasteiger partial charge < -0.3 is 4.74 Å². The smallest absolute Gasteiger partial charge is 0.247 e. The summed E-state index contributed by atoms with van der Waals surface area (Å²) < 4.78 is 8.01. The Balaban J connectivity index is 1.77. The molecule has 2 aromatic heterocycles. The van der Waals surface area contributed by atoms with Crippen LogP contribution in [0.2, 0.25) is 0 Å². The van der Waals surface area contributed by atoms with Gasteiger partial charge in [-0.05, 0) is 12.1 Å². The van der Waals surface area contributed by atoms with Crippen LogP contribution in [0.5, 0.6) is 5.88 Å². The monoisotopic (exact) mass is 471 g/mol. The van der Waals surface area contributed by atoms with Crippen LogP contribution in [0.3, 0.4) is 0 Å². The molecule has 1 amide bonds. The molecule has 0 bridgehead atoms. The number of rotatable bonds is 4. The van der Waals surface area contributed by atoms with Crippen LogP contribution in [0.1, 0.15) is 30.4 Å². The molecule has 0 saturated heterocycles. The van der Waals surface area contributed by atoms with Crippen molar-refractivity contribution >= 4 is 40.2 Å². The number of ether oxygens (including phenoxy) is 1. The van der Waals surface area contributed by atoms with Gasteiger partial charge in [-0.3, -0.25) is 19.1 Å². The van der Waals surface area contributed by atoms with Crippen LogP contribution < -0.4 is 9.64 Å². The fourth-order valence-corrected chi connectivity index (χ4v) is 4.63. The maximum absolute atomic E-state index is 13.0. The lowest BCUT2D eigenvalue weighted by molar-refractivity contribution is -0.118. The first kappa shape index (κ1) is 21.8. The van der Waals surface area contributed by atoms with Crippen LogP contribution in [0, 0.1) is 0 Å². The highest BCUT2D eigenvalue weighted by atomic mass is 32.2. The largest absolute Gasteiger partial charge is 0.447 e. The molecule has 3 heterocycles. The Morgan fingerprint density at radius 2 is 1.85 bits per heavy atom. The van der Waals surface area contributed by atoms with Gasteiger partial charge in [-0.2, -0.15) is 4.98 Å². The number of thioether (sulfide) groups is 1. The minimum atomic E-state index is -0.876. The van der Waals surface area contributed by atoms with E-state index in [0.29, 0.717) is 33.4 Å². The molecule has 170 valence electrons. The van der Waals surface area contributed by atoms with Crippen molar-refractivity contribution in [2.75, 3.05) is 10.7 Å². The first-order chi connectivity index (χ1) is 16.5. The summed E-state index contributed by atoms with van der Waals surface area (Å²) in [6, 6.07) is 15.0. The molecule has 0 saturated carbocycles. The molecule has 0 radical (unpaired) electrons. The van der Waals surface area contributed by atoms with Crippen molar-refractivity contribution in [3.63, 3.8) is 0 Å². The third-order valence-electron chi connectivity index (χ3n) is 5.53. The standard InChI is InChI=1S/C25H21N5O3S/c1-4-13-34-25-26-23-22(27-28-25)18-10-6-8-12-21(18)30(16(3)32)24(33-23)19-14-29(15(2)31)20-11-7-5-9-17(19)20/h4-12,14,24H,1,13H2,2-3H3/t24-/m0/s1. The van der Waals surface area contributed by atoms with Crippen LogP contribution in [0.25, 0.3) is 22.2 Å². The van der Waals surface area contributed by atoms with Gasteiger partial charge in [0.2, 0.25) is 29.1 Å². The number of para-hydroxylation sites is 2. The summed E-state index contributed by atoms with van der Waals surface area (Å²) in [4.78, 5) is 31.6. The van der Waals surface area contributed by atoms with Crippen molar-refractivity contribution in [2.45, 2.75) is 25.2 Å². The number of anilines is 1. The van der Waals surface area contributed by atoms with Gasteiger partial charge >= 0.3 is 0 Å². The molecule has 4 aromatic rings. The first-order valence-corrected chi connectivity index (χ1v) is 11.6. The van der Waals surface area contributed by atoms with Crippen molar-refractivity contribution < 1.29 is 14.3 Å². The summed E-state index contributed by atoms with van der Waals surface area (Å²) in [5.74, 6) is 0.520. The van der Waals surface area contributed by atoms with E-state index in [1.165, 1.54) is 25.6 Å². The summed E-state index contributed by atoms with van der Waals surface area (Å²) in [6.45, 7) is 6.71. The predicted molar refractivity (Wildman–Crippen MR) is 131 cm³/mol. The van der Waals surface area contributed by atoms with E-state index in [1.54, 1.807) is 21.7 Å². The Morgan fingerprint density at radius 3 is 2.62 bits per heavy atom. The molecule has 0 N–H and O–H groups in total. The fraction of sp³-hybridized carbons (Fsp3) is 0.160. The maximum Gasteiger partial charge on any atom is 0.247 e. The first-order valence-electron chi connectivity index (χ1n) is 10.6. The molecule has 1 atom stereocenters. The van der Waals surface area contributed by atoms with Gasteiger partial charge in [0.1, 0.15) is 0 Å². The number of hydrogen-bond acceptors (Lipinski definition) is 7. The summed E-state index contributed by atoms with van der Waals surface area (Å²) in [6.07, 6.45) is 2.61. The number of benzene rings is 2. The van der Waals surface area contributed by atoms with Crippen molar-refractivity contribution in [1.29, 1.82) is 0 Å². The predicted octanol–water partition coefficient (Wildman–Crippen LogP) is 4.88. The van der Waals surface area contributed by atoms with Gasteiger partial charge in [-0.25, -0.2) is 0 Å². The van der Waals surface area contributed by atoms with Crippen LogP contribution in [0.4, 0.5) is 5.69 Å². The zero-order chi connectivity index (χ0) is 23.8. The second kappa shape index (κ2) is 8.75. The molecule has 34 heavy (non-hydrogen) atoms. The van der Waals surface area contributed by atoms with Crippen LogP contribution in [0.15, 0.2) is 72.5 Å². The van der Waals surface area contributed by atoms with Crippen molar-refractivity contribution in [3.05, 3.63) is 72.9 Å². The Bertz CT molecular complexity index is 1450. The van der Waals surface area contributed by atoms with E-state index in [0.717, 1.165) is 10.9 Å². The molecule has 0 aliphatic carbocycles. The molecule has 0 spiro atoms. The number of aromatic nitrogens is 4. The number of hydrogen-bond donors (Lipinski definition) is 0. The van der Waals surface area contributed by atoms with Gasteiger partial charge in [-0.15, -0.1) is 16.8 Å². The molecule has 9 heteroatoms. The zero-order valence-corrected chi connectivity index (χ0v) is 19.5. The highest BCUT2D eigenvalue weighted by Crippen LogP contribution is 2.44. The maximum atomic E-state index is 13.0. The molecule has 0 unspecified atom stereocenters. The number of carbonyl (C=O) groups excluding carboxylic acids is 2. The number of nitrogens with zero attached hydrogens (tertiary/aromatic N) is 5. The Labute approximate surface area is 200 Å². The zero-order valence-electron chi connectivity index (χ0n) is 18.6. The summed E-state index contributed by atoms with van der Waals surface area (Å²) in [5.41, 5.74) is 3.16. The van der Waals surface area contributed by atoms with Crippen molar-refractivity contribution in [3.8, 4) is 17.1 Å². The molecule has 8 nitrogen and oxygen atoms in total. The second-order valence-electron chi connectivity index (χ2n) is 7.71. The number of fused-ring (bicyclic) bond motifs is 4. The third kappa shape index (κ3) is 3.63. The molecule has 2 aromatic carbocycles. The van der Waals surface area contributed by atoms with E-state index in [4.69, 9.17) is 4.74 Å². The normalized spacial score (nSPS) is 14.6. The lowest BCUT2D eigenvalue weighted by Crippen LogP contribution is -2.36. The Hall–Kier alpha value is -3.98. The van der Waals surface area contributed by atoms with Gasteiger partial charge in [0, 0.05) is 42.3 Å². The van der Waals surface area contributed by atoms with E-state index >= 15 is 0 Å². The lowest BCUT2D eigenvalue weighted by Gasteiger charge is -2.29. The minimum absolute atomic E-state index is 0.140. The molecule has 5 rings (SSSR count). The Kier molecular flexibility index (Phi) is 5.62. The highest BCUT2D eigenvalue weighted by molar-refractivity contribution is 7.99. The molecular weight excluding hydrogens is 450 g/mol. The topological polar surface area (TPSA) is 90.2 Å². The molecule has 0 fully saturated rings. The molecule has 1 aliphatic rings. The average molecular weight is 472 g/mol. The van der Waals surface area contributed by atoms with Gasteiger partial charge in [0.15, 0.2) is 5.69 Å². The average Bonchev–Trinajstić information content (AvgIpc) is 3.15.